The van der Waals surface area contributed by atoms with E-state index in [0.29, 0.717) is 12.8 Å². The molecule has 0 bridgehead atoms. The van der Waals surface area contributed by atoms with Crippen molar-refractivity contribution < 1.29 is 14.9 Å². The number of hydrogen-bond acceptors (Lipinski definition) is 3. The first-order chi connectivity index (χ1) is 10.2. The maximum atomic E-state index is 10.1. The summed E-state index contributed by atoms with van der Waals surface area (Å²) in [6.45, 7) is 0.768. The minimum atomic E-state index is -0.522. The van der Waals surface area contributed by atoms with Crippen LogP contribution in [0.3, 0.4) is 0 Å². The van der Waals surface area contributed by atoms with Crippen LogP contribution in [0.4, 0.5) is 0 Å². The normalized spacial score (nSPS) is 29.0. The van der Waals surface area contributed by atoms with Crippen LogP contribution in [0.25, 0.3) is 0 Å². The summed E-state index contributed by atoms with van der Waals surface area (Å²) in [5.74, 6) is 0.289. The van der Waals surface area contributed by atoms with Crippen molar-refractivity contribution in [2.45, 2.75) is 44.0 Å². The van der Waals surface area contributed by atoms with Crippen molar-refractivity contribution in [1.29, 1.82) is 0 Å². The van der Waals surface area contributed by atoms with Gasteiger partial charge >= 0.3 is 0 Å². The monoisotopic (exact) mass is 286 g/mol. The van der Waals surface area contributed by atoms with E-state index in [2.05, 4.69) is 17.9 Å². The van der Waals surface area contributed by atoms with E-state index >= 15 is 0 Å². The second kappa shape index (κ2) is 6.59. The van der Waals surface area contributed by atoms with Gasteiger partial charge in [-0.25, -0.2) is 0 Å². The van der Waals surface area contributed by atoms with E-state index in [9.17, 15) is 10.2 Å². The molecule has 0 aromatic heterocycles. The van der Waals surface area contributed by atoms with Gasteiger partial charge in [-0.3, -0.25) is 0 Å². The van der Waals surface area contributed by atoms with Crippen molar-refractivity contribution in [1.82, 2.24) is 0 Å². The number of aryl methyl sites for hydroxylation is 1. The van der Waals surface area contributed by atoms with E-state index in [4.69, 9.17) is 4.74 Å². The molecule has 2 aliphatic rings. The molecule has 3 nitrogen and oxygen atoms in total. The first kappa shape index (κ1) is 14.6. The predicted octanol–water partition coefficient (Wildman–Crippen LogP) is 2.23. The Morgan fingerprint density at radius 3 is 2.95 bits per heavy atom. The molecule has 1 aliphatic carbocycles. The largest absolute Gasteiger partial charge is 0.388 e. The topological polar surface area (TPSA) is 49.7 Å². The van der Waals surface area contributed by atoms with E-state index in [0.717, 1.165) is 25.0 Å². The Labute approximate surface area is 125 Å². The summed E-state index contributed by atoms with van der Waals surface area (Å²) in [7, 11) is 0. The highest BCUT2D eigenvalue weighted by Crippen LogP contribution is 2.39. The van der Waals surface area contributed by atoms with Gasteiger partial charge in [0.1, 0.15) is 0 Å². The second-order valence-corrected chi connectivity index (χ2v) is 5.91. The molecule has 1 aliphatic heterocycles. The molecule has 2 N–H and O–H groups in total. The van der Waals surface area contributed by atoms with Gasteiger partial charge in [-0.05, 0) is 30.9 Å². The van der Waals surface area contributed by atoms with Crippen LogP contribution in [0.15, 0.2) is 47.7 Å². The molecule has 1 aromatic rings. The zero-order chi connectivity index (χ0) is 14.7. The standard InChI is InChI=1S/C18H22O3/c19-14(7-6-13-4-2-1-3-5-13)8-9-15-16-10-11-21-18(16)12-17(15)20/h1-5,8,14,16-20H,6-7,10-12H2/t9?,14-,16+,17+,18-/m0/s1. The fraction of sp³-hybridized carbons (Fsp3) is 0.500. The summed E-state index contributed by atoms with van der Waals surface area (Å²) in [5.41, 5.74) is 5.29. The lowest BCUT2D eigenvalue weighted by Gasteiger charge is -2.08. The molecule has 3 heteroatoms. The number of fused-ring (bicyclic) bond motifs is 1. The zero-order valence-electron chi connectivity index (χ0n) is 12.1. The van der Waals surface area contributed by atoms with E-state index in [1.807, 2.05) is 18.2 Å². The average Bonchev–Trinajstić information content (AvgIpc) is 3.05. The summed E-state index contributed by atoms with van der Waals surface area (Å²) in [6, 6.07) is 10.1. The molecule has 1 heterocycles. The van der Waals surface area contributed by atoms with Crippen molar-refractivity contribution in [2.24, 2.45) is 5.92 Å². The van der Waals surface area contributed by atoms with Crippen LogP contribution in [0.2, 0.25) is 0 Å². The highest BCUT2D eigenvalue weighted by Gasteiger charge is 2.41. The second-order valence-electron chi connectivity index (χ2n) is 5.91. The summed E-state index contributed by atoms with van der Waals surface area (Å²) < 4.78 is 5.59. The summed E-state index contributed by atoms with van der Waals surface area (Å²) >= 11 is 0. The molecule has 21 heavy (non-hydrogen) atoms. The van der Waals surface area contributed by atoms with Gasteiger partial charge < -0.3 is 14.9 Å². The van der Waals surface area contributed by atoms with Crippen molar-refractivity contribution in [3.05, 3.63) is 53.3 Å². The first-order valence-electron chi connectivity index (χ1n) is 7.72. The molecular formula is C18H22O3. The number of ether oxygens (including phenoxy) is 1. The van der Waals surface area contributed by atoms with Gasteiger partial charge in [0.2, 0.25) is 0 Å². The van der Waals surface area contributed by atoms with E-state index < -0.39 is 12.2 Å². The molecular weight excluding hydrogens is 264 g/mol. The van der Waals surface area contributed by atoms with Gasteiger partial charge in [-0.1, -0.05) is 30.3 Å². The molecule has 3 rings (SSSR count). The molecule has 4 atom stereocenters. The molecule has 0 radical (unpaired) electrons. The van der Waals surface area contributed by atoms with Crippen LogP contribution < -0.4 is 0 Å². The van der Waals surface area contributed by atoms with Crippen LogP contribution in [-0.4, -0.2) is 35.1 Å². The Balaban J connectivity index is 1.60. The Hall–Kier alpha value is -1.38. The van der Waals surface area contributed by atoms with Gasteiger partial charge in [-0.15, -0.1) is 5.73 Å². The average molecular weight is 286 g/mol. The van der Waals surface area contributed by atoms with Gasteiger partial charge in [0.15, 0.2) is 0 Å². The van der Waals surface area contributed by atoms with E-state index in [1.165, 1.54) is 5.56 Å². The molecule has 0 unspecified atom stereocenters. The fourth-order valence-corrected chi connectivity index (χ4v) is 3.27. The van der Waals surface area contributed by atoms with Crippen LogP contribution >= 0.6 is 0 Å². The van der Waals surface area contributed by atoms with Gasteiger partial charge in [0.05, 0.1) is 18.3 Å². The third-order valence-corrected chi connectivity index (χ3v) is 4.44. The number of rotatable bonds is 4. The lowest BCUT2D eigenvalue weighted by atomic mass is 9.99. The van der Waals surface area contributed by atoms with Crippen LogP contribution in [0.5, 0.6) is 0 Å². The van der Waals surface area contributed by atoms with Gasteiger partial charge in [0.25, 0.3) is 0 Å². The van der Waals surface area contributed by atoms with Crippen molar-refractivity contribution in [3.8, 4) is 0 Å². The number of benzene rings is 1. The summed E-state index contributed by atoms with van der Waals surface area (Å²) in [6.07, 6.45) is 4.00. The summed E-state index contributed by atoms with van der Waals surface area (Å²) in [4.78, 5) is 0. The SMILES string of the molecule is O[C@H](C=C=C1[C@H](O)C[C@@H]2OCC[C@H]12)CCc1ccccc1. The predicted molar refractivity (Wildman–Crippen MR) is 80.8 cm³/mol. The van der Waals surface area contributed by atoms with Crippen LogP contribution in [-0.2, 0) is 11.2 Å². The number of aliphatic hydroxyl groups excluding tert-OH is 2. The Morgan fingerprint density at radius 1 is 1.33 bits per heavy atom. The van der Waals surface area contributed by atoms with Crippen molar-refractivity contribution >= 4 is 0 Å². The van der Waals surface area contributed by atoms with Crippen molar-refractivity contribution in [2.75, 3.05) is 6.61 Å². The molecule has 2 fully saturated rings. The molecule has 0 spiro atoms. The fourth-order valence-electron chi connectivity index (χ4n) is 3.27. The molecule has 0 amide bonds. The van der Waals surface area contributed by atoms with Crippen LogP contribution in [0, 0.1) is 5.92 Å². The Morgan fingerprint density at radius 2 is 2.14 bits per heavy atom. The van der Waals surface area contributed by atoms with Gasteiger partial charge in [-0.2, -0.15) is 0 Å². The third-order valence-electron chi connectivity index (χ3n) is 4.44. The maximum Gasteiger partial charge on any atom is 0.0852 e. The maximum absolute atomic E-state index is 10.1. The number of aliphatic hydroxyl groups is 2. The van der Waals surface area contributed by atoms with Crippen molar-refractivity contribution in [3.63, 3.8) is 0 Å². The molecule has 112 valence electrons. The lowest BCUT2D eigenvalue weighted by molar-refractivity contribution is 0.0832. The molecule has 1 saturated heterocycles. The highest BCUT2D eigenvalue weighted by molar-refractivity contribution is 5.21. The van der Waals surface area contributed by atoms with E-state index in [1.54, 1.807) is 6.08 Å². The van der Waals surface area contributed by atoms with Crippen LogP contribution in [0.1, 0.15) is 24.8 Å². The Kier molecular flexibility index (Phi) is 4.57. The molecule has 1 aromatic carbocycles. The minimum Gasteiger partial charge on any atom is -0.388 e. The zero-order valence-corrected chi connectivity index (χ0v) is 12.1. The third kappa shape index (κ3) is 3.45. The molecule has 1 saturated carbocycles. The lowest BCUT2D eigenvalue weighted by Crippen LogP contribution is -2.08. The first-order valence-corrected chi connectivity index (χ1v) is 7.72. The Bertz CT molecular complexity index is 531. The highest BCUT2D eigenvalue weighted by atomic mass is 16.5. The quantitative estimate of drug-likeness (QED) is 0.835. The minimum absolute atomic E-state index is 0.150. The van der Waals surface area contributed by atoms with Gasteiger partial charge in [0, 0.05) is 24.5 Å². The van der Waals surface area contributed by atoms with E-state index in [-0.39, 0.29) is 12.0 Å². The summed E-state index contributed by atoms with van der Waals surface area (Å²) in [5, 5.41) is 20.1. The smallest absolute Gasteiger partial charge is 0.0852 e. The number of hydrogen-bond donors (Lipinski definition) is 2.